The number of aliphatic hydroxyl groups is 1. The highest BCUT2D eigenvalue weighted by Gasteiger charge is 2.41. The van der Waals surface area contributed by atoms with Gasteiger partial charge in [0.15, 0.2) is 6.61 Å². The number of morpholine rings is 1. The van der Waals surface area contributed by atoms with E-state index in [4.69, 9.17) is 9.47 Å². The van der Waals surface area contributed by atoms with Crippen LogP contribution in [0.15, 0.2) is 18.2 Å². The lowest BCUT2D eigenvalue weighted by Gasteiger charge is -2.36. The molecule has 3 rings (SSSR count). The lowest BCUT2D eigenvalue weighted by molar-refractivity contribution is -0.136. The molecule has 6 nitrogen and oxygen atoms in total. The molecule has 0 bridgehead atoms. The molecule has 3 atom stereocenters. The van der Waals surface area contributed by atoms with Gasteiger partial charge in [0.25, 0.3) is 5.91 Å². The highest BCUT2D eigenvalue weighted by molar-refractivity contribution is 5.78. The Morgan fingerprint density at radius 2 is 1.92 bits per heavy atom. The lowest BCUT2D eigenvalue weighted by atomic mass is 10.1. The van der Waals surface area contributed by atoms with Crippen molar-refractivity contribution in [3.63, 3.8) is 0 Å². The molecule has 1 aromatic carbocycles. The third-order valence-corrected chi connectivity index (χ3v) is 5.70. The van der Waals surface area contributed by atoms with Crippen LogP contribution >= 0.6 is 0 Å². The summed E-state index contributed by atoms with van der Waals surface area (Å²) >= 11 is 0. The molecular weight excluding hydrogens is 332 g/mol. The number of carbonyl (C=O) groups is 1. The molecule has 0 radical (unpaired) electrons. The van der Waals surface area contributed by atoms with Gasteiger partial charge in [0.1, 0.15) is 5.75 Å². The second-order valence-electron chi connectivity index (χ2n) is 7.37. The summed E-state index contributed by atoms with van der Waals surface area (Å²) in [7, 11) is 1.77. The molecular formula is C20H30N2O4. The van der Waals surface area contributed by atoms with Crippen molar-refractivity contribution in [2.45, 2.75) is 44.9 Å². The second kappa shape index (κ2) is 8.37. The molecule has 0 spiro atoms. The van der Waals surface area contributed by atoms with Crippen molar-refractivity contribution in [3.8, 4) is 5.75 Å². The lowest BCUT2D eigenvalue weighted by Crippen LogP contribution is -2.52. The first-order chi connectivity index (χ1) is 12.5. The van der Waals surface area contributed by atoms with Crippen molar-refractivity contribution < 1.29 is 19.4 Å². The zero-order valence-electron chi connectivity index (χ0n) is 16.0. The zero-order chi connectivity index (χ0) is 18.7. The zero-order valence-corrected chi connectivity index (χ0v) is 16.0. The van der Waals surface area contributed by atoms with Gasteiger partial charge in [-0.05, 0) is 37.8 Å². The maximum Gasteiger partial charge on any atom is 0.260 e. The SMILES string of the molecule is Cc1cccc(C)c1OCC(=O)N(C)[C@@H]1CC[C@@H](N2CCOCC2)[C@@H]1O. The highest BCUT2D eigenvalue weighted by Crippen LogP contribution is 2.29. The molecule has 1 saturated heterocycles. The van der Waals surface area contributed by atoms with Crippen LogP contribution in [0.25, 0.3) is 0 Å². The number of nitrogens with zero attached hydrogens (tertiary/aromatic N) is 2. The van der Waals surface area contributed by atoms with Gasteiger partial charge in [-0.1, -0.05) is 18.2 Å². The fraction of sp³-hybridized carbons (Fsp3) is 0.650. The van der Waals surface area contributed by atoms with Crippen LogP contribution in [-0.2, 0) is 9.53 Å². The third kappa shape index (κ3) is 4.03. The van der Waals surface area contributed by atoms with Gasteiger partial charge < -0.3 is 19.5 Å². The minimum absolute atomic E-state index is 0.00632. The first-order valence-corrected chi connectivity index (χ1v) is 9.43. The van der Waals surface area contributed by atoms with E-state index >= 15 is 0 Å². The Labute approximate surface area is 155 Å². The predicted molar refractivity (Wildman–Crippen MR) is 99.4 cm³/mol. The molecule has 1 heterocycles. The fourth-order valence-corrected chi connectivity index (χ4v) is 4.12. The van der Waals surface area contributed by atoms with Gasteiger partial charge in [0.2, 0.25) is 0 Å². The number of hydrogen-bond donors (Lipinski definition) is 1. The van der Waals surface area contributed by atoms with Gasteiger partial charge >= 0.3 is 0 Å². The number of amides is 1. The molecule has 0 aromatic heterocycles. The largest absolute Gasteiger partial charge is 0.483 e. The Kier molecular flexibility index (Phi) is 6.16. The van der Waals surface area contributed by atoms with E-state index in [1.165, 1.54) is 0 Å². The minimum Gasteiger partial charge on any atom is -0.483 e. The molecule has 1 amide bonds. The van der Waals surface area contributed by atoms with Crippen LogP contribution in [-0.4, -0.2) is 79.0 Å². The van der Waals surface area contributed by atoms with Crippen LogP contribution in [0.3, 0.4) is 0 Å². The number of ether oxygens (including phenoxy) is 2. The third-order valence-electron chi connectivity index (χ3n) is 5.70. The van der Waals surface area contributed by atoms with Crippen LogP contribution < -0.4 is 4.74 Å². The van der Waals surface area contributed by atoms with Crippen molar-refractivity contribution in [2.75, 3.05) is 40.0 Å². The monoisotopic (exact) mass is 362 g/mol. The number of benzene rings is 1. The molecule has 1 aromatic rings. The molecule has 1 N–H and O–H groups in total. The smallest absolute Gasteiger partial charge is 0.260 e. The van der Waals surface area contributed by atoms with E-state index in [2.05, 4.69) is 4.90 Å². The van der Waals surface area contributed by atoms with Gasteiger partial charge in [-0.3, -0.25) is 9.69 Å². The normalized spacial score (nSPS) is 26.7. The number of aliphatic hydroxyl groups excluding tert-OH is 1. The van der Waals surface area contributed by atoms with Crippen molar-refractivity contribution in [3.05, 3.63) is 29.3 Å². The van der Waals surface area contributed by atoms with Crippen LogP contribution in [0.2, 0.25) is 0 Å². The second-order valence-corrected chi connectivity index (χ2v) is 7.37. The highest BCUT2D eigenvalue weighted by atomic mass is 16.5. The van der Waals surface area contributed by atoms with E-state index in [9.17, 15) is 9.90 Å². The molecule has 0 unspecified atom stereocenters. The summed E-state index contributed by atoms with van der Waals surface area (Å²) in [5.41, 5.74) is 2.04. The maximum atomic E-state index is 12.6. The van der Waals surface area contributed by atoms with Crippen molar-refractivity contribution in [2.24, 2.45) is 0 Å². The van der Waals surface area contributed by atoms with Gasteiger partial charge in [-0.25, -0.2) is 0 Å². The summed E-state index contributed by atoms with van der Waals surface area (Å²) < 4.78 is 11.2. The predicted octanol–water partition coefficient (Wildman–Crippen LogP) is 1.36. The molecule has 2 aliphatic rings. The number of carbonyl (C=O) groups excluding carboxylic acids is 1. The Balaban J connectivity index is 1.56. The Bertz CT molecular complexity index is 610. The van der Waals surface area contributed by atoms with E-state index in [0.717, 1.165) is 42.8 Å². The average Bonchev–Trinajstić information content (AvgIpc) is 3.02. The van der Waals surface area contributed by atoms with E-state index in [1.54, 1.807) is 11.9 Å². The van der Waals surface area contributed by atoms with E-state index in [-0.39, 0.29) is 24.6 Å². The Morgan fingerprint density at radius 3 is 2.58 bits per heavy atom. The number of hydrogen-bond acceptors (Lipinski definition) is 5. The number of para-hydroxylation sites is 1. The molecule has 1 aliphatic carbocycles. The number of rotatable bonds is 5. The topological polar surface area (TPSA) is 62.2 Å². The Morgan fingerprint density at radius 1 is 1.27 bits per heavy atom. The van der Waals surface area contributed by atoms with Gasteiger partial charge in [0, 0.05) is 26.2 Å². The summed E-state index contributed by atoms with van der Waals surface area (Å²) in [6.45, 7) is 7.07. The maximum absolute atomic E-state index is 12.6. The summed E-state index contributed by atoms with van der Waals surface area (Å²) in [6, 6.07) is 5.89. The van der Waals surface area contributed by atoms with Crippen LogP contribution in [0.4, 0.5) is 0 Å². The van der Waals surface area contributed by atoms with Gasteiger partial charge in [-0.2, -0.15) is 0 Å². The Hall–Kier alpha value is -1.63. The van der Waals surface area contributed by atoms with E-state index in [0.29, 0.717) is 13.2 Å². The summed E-state index contributed by atoms with van der Waals surface area (Å²) in [5.74, 6) is 0.673. The molecule has 6 heteroatoms. The standard InChI is InChI=1S/C20H30N2O4/c1-14-5-4-6-15(2)20(14)26-13-18(23)21(3)16-7-8-17(19(16)24)22-9-11-25-12-10-22/h4-6,16-17,19,24H,7-13H2,1-3H3/t16-,17-,19-/m1/s1. The first kappa shape index (κ1) is 19.1. The van der Waals surface area contributed by atoms with E-state index < -0.39 is 6.10 Å². The number of aryl methyl sites for hydroxylation is 2. The van der Waals surface area contributed by atoms with E-state index in [1.807, 2.05) is 32.0 Å². The van der Waals surface area contributed by atoms with Crippen molar-refractivity contribution in [1.29, 1.82) is 0 Å². The van der Waals surface area contributed by atoms with Crippen LogP contribution in [0.5, 0.6) is 5.75 Å². The first-order valence-electron chi connectivity index (χ1n) is 9.43. The summed E-state index contributed by atoms with van der Waals surface area (Å²) in [4.78, 5) is 16.6. The fourth-order valence-electron chi connectivity index (χ4n) is 4.12. The van der Waals surface area contributed by atoms with Gasteiger partial charge in [0.05, 0.1) is 25.4 Å². The molecule has 144 valence electrons. The molecule has 2 fully saturated rings. The molecule has 1 saturated carbocycles. The van der Waals surface area contributed by atoms with Crippen molar-refractivity contribution >= 4 is 5.91 Å². The van der Waals surface area contributed by atoms with Crippen LogP contribution in [0.1, 0.15) is 24.0 Å². The molecule has 26 heavy (non-hydrogen) atoms. The molecule has 1 aliphatic heterocycles. The van der Waals surface area contributed by atoms with Gasteiger partial charge in [-0.15, -0.1) is 0 Å². The number of likely N-dealkylation sites (N-methyl/N-ethyl adjacent to an activating group) is 1. The quantitative estimate of drug-likeness (QED) is 0.857. The van der Waals surface area contributed by atoms with Crippen molar-refractivity contribution in [1.82, 2.24) is 9.80 Å². The summed E-state index contributed by atoms with van der Waals surface area (Å²) in [5, 5.41) is 10.8. The van der Waals surface area contributed by atoms with Crippen LogP contribution in [0, 0.1) is 13.8 Å². The minimum atomic E-state index is -0.526. The average molecular weight is 362 g/mol. The summed E-state index contributed by atoms with van der Waals surface area (Å²) in [6.07, 6.45) is 1.19.